The number of β-lactam (4-membered cyclic amide) rings is 1. The summed E-state index contributed by atoms with van der Waals surface area (Å²) in [5.74, 6) is 0.0683. The molecule has 6 N–H and O–H groups in total. The summed E-state index contributed by atoms with van der Waals surface area (Å²) in [5, 5.41) is 12.6. The fraction of sp³-hybridized carbons (Fsp3) is 0.400. The first-order valence-corrected chi connectivity index (χ1v) is 15.3. The highest BCUT2D eigenvalue weighted by atomic mass is 35.5. The SMILES string of the molecule is CNCCNc1nc2c[n+](CC3=C(C=O)N4C(=O)C(NC(=O)/C(=N\OC(C)C)c5nc(N)sc5Cl)C4SC3)ccc2[nH]1. The monoisotopic (exact) mass is 633 g/mol. The molecule has 14 nitrogen and oxygen atoms in total. The summed E-state index contributed by atoms with van der Waals surface area (Å²) in [5.41, 5.74) is 8.36. The first-order valence-electron chi connectivity index (χ1n) is 13.1. The Morgan fingerprint density at radius 2 is 2.21 bits per heavy atom. The molecule has 222 valence electrons. The van der Waals surface area contributed by atoms with Crippen LogP contribution in [-0.4, -0.2) is 87.1 Å². The number of thiazole rings is 1. The third kappa shape index (κ3) is 6.06. The average Bonchev–Trinajstić information content (AvgIpc) is 3.52. The number of hydrogen-bond donors (Lipinski definition) is 5. The number of rotatable bonds is 12. The largest absolute Gasteiger partial charge is 0.392 e. The van der Waals surface area contributed by atoms with Gasteiger partial charge < -0.3 is 31.5 Å². The second-order valence-electron chi connectivity index (χ2n) is 9.77. The lowest BCUT2D eigenvalue weighted by Crippen LogP contribution is -2.70. The van der Waals surface area contributed by atoms with Gasteiger partial charge in [-0.15, -0.1) is 11.8 Å². The minimum Gasteiger partial charge on any atom is -0.392 e. The van der Waals surface area contributed by atoms with Crippen molar-refractivity contribution in [3.05, 3.63) is 39.8 Å². The summed E-state index contributed by atoms with van der Waals surface area (Å²) in [6.07, 6.45) is 4.15. The van der Waals surface area contributed by atoms with Gasteiger partial charge in [-0.1, -0.05) is 28.1 Å². The van der Waals surface area contributed by atoms with E-state index in [0.717, 1.165) is 41.0 Å². The van der Waals surface area contributed by atoms with Gasteiger partial charge in [0.15, 0.2) is 41.6 Å². The topological polar surface area (TPSA) is 184 Å². The Morgan fingerprint density at radius 3 is 2.90 bits per heavy atom. The molecule has 0 aliphatic carbocycles. The standard InChI is InChI=1S/C25H29ClN10O4S2/c1-12(2)40-34-18(17-20(26)42-24(27)33-17)21(38)32-19-22(39)36-16(10-37)13(11-41-23(19)36)8-35-7-4-14-15(9-35)31-25(30-14)29-6-5-28-3/h4,7,9-10,12,19,23,28H,5-6,8,11H2,1-3H3,(H4,27,29,31,32,33,38)/p+1/b34-18-. The van der Waals surface area contributed by atoms with E-state index in [-0.39, 0.29) is 27.0 Å². The average molecular weight is 634 g/mol. The molecule has 1 saturated heterocycles. The number of fused-ring (bicyclic) bond motifs is 2. The number of aldehydes is 1. The summed E-state index contributed by atoms with van der Waals surface area (Å²) in [7, 11) is 1.88. The van der Waals surface area contributed by atoms with Crippen molar-refractivity contribution in [1.29, 1.82) is 0 Å². The second kappa shape index (κ2) is 12.6. The van der Waals surface area contributed by atoms with E-state index in [9.17, 15) is 14.4 Å². The Labute approximate surface area is 254 Å². The van der Waals surface area contributed by atoms with Crippen LogP contribution in [0.3, 0.4) is 0 Å². The number of aromatic amines is 1. The van der Waals surface area contributed by atoms with Crippen molar-refractivity contribution < 1.29 is 23.8 Å². The number of carbonyl (C=O) groups is 3. The zero-order valence-electron chi connectivity index (χ0n) is 23.0. The van der Waals surface area contributed by atoms with Crippen molar-refractivity contribution >= 4 is 80.6 Å². The number of H-pyrrole nitrogens is 1. The highest BCUT2D eigenvalue weighted by Crippen LogP contribution is 2.39. The van der Waals surface area contributed by atoms with E-state index < -0.39 is 23.2 Å². The third-order valence-corrected chi connectivity index (χ3v) is 8.83. The van der Waals surface area contributed by atoms with E-state index in [1.54, 1.807) is 13.8 Å². The number of nitrogens with one attached hydrogen (secondary N) is 4. The molecule has 5 heterocycles. The number of carbonyl (C=O) groups excluding carboxylic acids is 3. The number of nitrogen functional groups attached to an aromatic ring is 1. The van der Waals surface area contributed by atoms with E-state index in [4.69, 9.17) is 22.2 Å². The van der Waals surface area contributed by atoms with Crippen molar-refractivity contribution in [2.24, 2.45) is 5.16 Å². The summed E-state index contributed by atoms with van der Waals surface area (Å²) in [4.78, 5) is 57.3. The molecule has 17 heteroatoms. The van der Waals surface area contributed by atoms with Gasteiger partial charge in [-0.2, -0.15) is 4.57 Å². The van der Waals surface area contributed by atoms with Crippen LogP contribution in [0, 0.1) is 0 Å². The van der Waals surface area contributed by atoms with Crippen LogP contribution in [-0.2, 0) is 25.8 Å². The molecule has 2 atom stereocenters. The first-order chi connectivity index (χ1) is 20.2. The number of imidazole rings is 1. The van der Waals surface area contributed by atoms with Gasteiger partial charge in [-0.25, -0.2) is 9.97 Å². The Balaban J connectivity index is 1.30. The Hall–Kier alpha value is -3.73. The van der Waals surface area contributed by atoms with Crippen LogP contribution in [0.1, 0.15) is 19.5 Å². The highest BCUT2D eigenvalue weighted by Gasteiger charge is 2.53. The molecule has 2 aliphatic heterocycles. The minimum atomic E-state index is -0.875. The molecule has 3 aromatic rings. The zero-order chi connectivity index (χ0) is 30.0. The molecule has 2 amide bonds. The zero-order valence-corrected chi connectivity index (χ0v) is 25.4. The summed E-state index contributed by atoms with van der Waals surface area (Å²) in [6, 6.07) is 1.04. The van der Waals surface area contributed by atoms with Gasteiger partial charge in [0, 0.05) is 30.5 Å². The van der Waals surface area contributed by atoms with E-state index in [2.05, 4.69) is 36.1 Å². The number of hydrogen-bond acceptors (Lipinski definition) is 12. The molecule has 1 fully saturated rings. The Kier molecular flexibility index (Phi) is 8.96. The van der Waals surface area contributed by atoms with Gasteiger partial charge in [0.2, 0.25) is 5.95 Å². The molecule has 0 radical (unpaired) electrons. The second-order valence-corrected chi connectivity index (χ2v) is 12.5. The van der Waals surface area contributed by atoms with Gasteiger partial charge in [0.25, 0.3) is 11.8 Å². The summed E-state index contributed by atoms with van der Waals surface area (Å²) < 4.78 is 2.09. The maximum Gasteiger partial charge on any atom is 0.276 e. The number of nitrogens with two attached hydrogens (primary N) is 1. The van der Waals surface area contributed by atoms with Gasteiger partial charge in [-0.3, -0.25) is 19.3 Å². The van der Waals surface area contributed by atoms with Gasteiger partial charge in [0.1, 0.15) is 27.5 Å². The molecule has 5 rings (SSSR count). The van der Waals surface area contributed by atoms with Gasteiger partial charge in [-0.05, 0) is 20.9 Å². The van der Waals surface area contributed by atoms with Crippen LogP contribution in [0.25, 0.3) is 11.0 Å². The predicted octanol–water partition coefficient (Wildman–Crippen LogP) is 0.856. The quantitative estimate of drug-likeness (QED) is 0.0479. The van der Waals surface area contributed by atoms with Crippen LogP contribution in [0.4, 0.5) is 11.1 Å². The molecule has 3 aromatic heterocycles. The molecule has 0 saturated carbocycles. The number of pyridine rings is 1. The summed E-state index contributed by atoms with van der Waals surface area (Å²) in [6.45, 7) is 5.42. The van der Waals surface area contributed by atoms with Crippen molar-refractivity contribution in [3.63, 3.8) is 0 Å². The number of nitrogens with zero attached hydrogens (tertiary/aromatic N) is 5. The maximum absolute atomic E-state index is 13.2. The number of aromatic nitrogens is 4. The number of halogens is 1. The minimum absolute atomic E-state index is 0.0692. The van der Waals surface area contributed by atoms with Gasteiger partial charge >= 0.3 is 0 Å². The Morgan fingerprint density at radius 1 is 1.40 bits per heavy atom. The fourth-order valence-corrected chi connectivity index (χ4v) is 6.73. The molecular weight excluding hydrogens is 604 g/mol. The molecular formula is C25H30ClN10O4S2+. The highest BCUT2D eigenvalue weighted by molar-refractivity contribution is 8.00. The lowest BCUT2D eigenvalue weighted by Gasteiger charge is -2.49. The van der Waals surface area contributed by atoms with E-state index in [0.29, 0.717) is 30.2 Å². The number of amides is 2. The van der Waals surface area contributed by atoms with Crippen LogP contribution >= 0.6 is 34.7 Å². The van der Waals surface area contributed by atoms with E-state index in [1.807, 2.05) is 30.1 Å². The smallest absolute Gasteiger partial charge is 0.276 e. The van der Waals surface area contributed by atoms with Crippen molar-refractivity contribution in [2.45, 2.75) is 37.9 Å². The first kappa shape index (κ1) is 29.8. The fourth-order valence-electron chi connectivity index (χ4n) is 4.45. The molecule has 0 bridgehead atoms. The summed E-state index contributed by atoms with van der Waals surface area (Å²) >= 11 is 8.68. The van der Waals surface area contributed by atoms with Crippen LogP contribution in [0.2, 0.25) is 4.34 Å². The van der Waals surface area contributed by atoms with Crippen LogP contribution in [0.5, 0.6) is 0 Å². The number of allylic oxidation sites excluding steroid dienone is 1. The molecule has 2 aliphatic rings. The van der Waals surface area contributed by atoms with Crippen LogP contribution in [0.15, 0.2) is 34.9 Å². The number of thioether (sulfide) groups is 1. The van der Waals surface area contributed by atoms with E-state index in [1.165, 1.54) is 16.7 Å². The maximum atomic E-state index is 13.2. The third-order valence-electron chi connectivity index (χ3n) is 6.41. The number of likely N-dealkylation sites (N-methyl/N-ethyl adjacent to an activating group) is 1. The number of oxime groups is 1. The van der Waals surface area contributed by atoms with Crippen LogP contribution < -0.4 is 26.3 Å². The molecule has 0 spiro atoms. The lowest BCUT2D eigenvalue weighted by atomic mass is 10.0. The van der Waals surface area contributed by atoms with Gasteiger partial charge in [0.05, 0.1) is 11.2 Å². The molecule has 0 aromatic carbocycles. The van der Waals surface area contributed by atoms with Crippen molar-refractivity contribution in [2.75, 3.05) is 36.9 Å². The van der Waals surface area contributed by atoms with Crippen molar-refractivity contribution in [1.82, 2.24) is 30.5 Å². The lowest BCUT2D eigenvalue weighted by molar-refractivity contribution is -0.687. The molecule has 42 heavy (non-hydrogen) atoms. The normalized spacial score (nSPS) is 18.7. The Bertz CT molecular complexity index is 1590. The number of anilines is 2. The predicted molar refractivity (Wildman–Crippen MR) is 161 cm³/mol. The van der Waals surface area contributed by atoms with Crippen molar-refractivity contribution in [3.8, 4) is 0 Å². The molecule has 2 unspecified atom stereocenters. The van der Waals surface area contributed by atoms with E-state index >= 15 is 0 Å².